The number of carbonyl (C=O) groups is 1. The molecular formula is C14H20NO5S-. The first-order valence-electron chi connectivity index (χ1n) is 6.91. The Balaban J connectivity index is 2.52. The van der Waals surface area contributed by atoms with E-state index in [-0.39, 0.29) is 6.42 Å². The van der Waals surface area contributed by atoms with Crippen LogP contribution in [-0.2, 0) is 19.6 Å². The summed E-state index contributed by atoms with van der Waals surface area (Å²) in [5, 5.41) is 0. The molecule has 1 unspecified atom stereocenters. The molecule has 6 nitrogen and oxygen atoms in total. The average Bonchev–Trinajstić information content (AvgIpc) is 2.43. The van der Waals surface area contributed by atoms with E-state index in [0.717, 1.165) is 11.9 Å². The van der Waals surface area contributed by atoms with E-state index in [2.05, 4.69) is 0 Å². The summed E-state index contributed by atoms with van der Waals surface area (Å²) in [5.74, 6) is 0. The molecule has 1 fully saturated rings. The number of ether oxygens (including phenoxy) is 1. The zero-order valence-corrected chi connectivity index (χ0v) is 13.1. The summed E-state index contributed by atoms with van der Waals surface area (Å²) in [4.78, 5) is 12.9. The SMILES string of the molecule is CC1=C(CC=O)C(N2CCOCC2)[C@](C)(S(=O)(=O)[O-])C=C1. The molecule has 1 aliphatic carbocycles. The maximum Gasteiger partial charge on any atom is 0.124 e. The van der Waals surface area contributed by atoms with Gasteiger partial charge < -0.3 is 14.1 Å². The van der Waals surface area contributed by atoms with Crippen LogP contribution in [0.3, 0.4) is 0 Å². The van der Waals surface area contributed by atoms with Crippen LogP contribution in [0.1, 0.15) is 20.3 Å². The molecular weight excluding hydrogens is 294 g/mol. The molecule has 0 N–H and O–H groups in total. The van der Waals surface area contributed by atoms with Crippen molar-refractivity contribution in [3.05, 3.63) is 23.3 Å². The van der Waals surface area contributed by atoms with Crippen molar-refractivity contribution in [1.29, 1.82) is 0 Å². The van der Waals surface area contributed by atoms with Crippen LogP contribution in [0.4, 0.5) is 0 Å². The zero-order chi connectivity index (χ0) is 15.7. The summed E-state index contributed by atoms with van der Waals surface area (Å²) < 4.78 is 39.3. The van der Waals surface area contributed by atoms with E-state index < -0.39 is 20.9 Å². The van der Waals surface area contributed by atoms with E-state index in [1.807, 2.05) is 11.8 Å². The van der Waals surface area contributed by atoms with Gasteiger partial charge in [-0.1, -0.05) is 17.7 Å². The molecule has 7 heteroatoms. The number of allylic oxidation sites excluding steroid dienone is 2. The Bertz CT molecular complexity index is 574. The average molecular weight is 314 g/mol. The highest BCUT2D eigenvalue weighted by molar-refractivity contribution is 7.87. The molecule has 2 atom stereocenters. The zero-order valence-electron chi connectivity index (χ0n) is 12.2. The third kappa shape index (κ3) is 2.96. The summed E-state index contributed by atoms with van der Waals surface area (Å²) in [6.07, 6.45) is 3.97. The molecule has 0 aromatic heterocycles. The van der Waals surface area contributed by atoms with Crippen LogP contribution in [0.25, 0.3) is 0 Å². The van der Waals surface area contributed by atoms with Gasteiger partial charge in [-0.2, -0.15) is 0 Å². The Morgan fingerprint density at radius 2 is 2.10 bits per heavy atom. The fourth-order valence-corrected chi connectivity index (χ4v) is 3.85. The lowest BCUT2D eigenvalue weighted by Crippen LogP contribution is -2.59. The van der Waals surface area contributed by atoms with Gasteiger partial charge in [-0.15, -0.1) is 0 Å². The van der Waals surface area contributed by atoms with Gasteiger partial charge in [0.1, 0.15) is 16.4 Å². The minimum Gasteiger partial charge on any atom is -0.747 e. The topological polar surface area (TPSA) is 86.7 Å². The molecule has 0 saturated carbocycles. The molecule has 0 aromatic carbocycles. The van der Waals surface area contributed by atoms with Gasteiger partial charge in [-0.3, -0.25) is 4.90 Å². The Labute approximate surface area is 125 Å². The van der Waals surface area contributed by atoms with E-state index in [9.17, 15) is 17.8 Å². The highest BCUT2D eigenvalue weighted by atomic mass is 32.2. The molecule has 2 aliphatic rings. The smallest absolute Gasteiger partial charge is 0.124 e. The summed E-state index contributed by atoms with van der Waals surface area (Å²) in [7, 11) is -4.57. The normalized spacial score (nSPS) is 31.5. The number of carbonyl (C=O) groups excluding carboxylic acids is 1. The van der Waals surface area contributed by atoms with Crippen molar-refractivity contribution >= 4 is 16.4 Å². The molecule has 0 aromatic rings. The van der Waals surface area contributed by atoms with Crippen LogP contribution in [-0.4, -0.2) is 61.2 Å². The second-order valence-electron chi connectivity index (χ2n) is 5.60. The first kappa shape index (κ1) is 16.4. The summed E-state index contributed by atoms with van der Waals surface area (Å²) >= 11 is 0. The van der Waals surface area contributed by atoms with Crippen molar-refractivity contribution < 1.29 is 22.5 Å². The quantitative estimate of drug-likeness (QED) is 0.554. The standard InChI is InChI=1S/C14H21NO5S/c1-11-3-5-14(2,21(17,18)19)13(12(11)4-8-16)15-6-9-20-10-7-15/h3,5,8,13H,4,6-7,9-10H2,1-2H3,(H,17,18,19)/p-1/t13?,14-/m1/s1. The maximum absolute atomic E-state index is 11.8. The molecule has 1 heterocycles. The predicted molar refractivity (Wildman–Crippen MR) is 76.8 cm³/mol. The van der Waals surface area contributed by atoms with E-state index >= 15 is 0 Å². The van der Waals surface area contributed by atoms with Gasteiger partial charge >= 0.3 is 0 Å². The molecule has 2 rings (SSSR count). The molecule has 118 valence electrons. The van der Waals surface area contributed by atoms with Crippen molar-refractivity contribution in [3.63, 3.8) is 0 Å². The number of aldehydes is 1. The van der Waals surface area contributed by atoms with E-state index in [1.165, 1.54) is 13.0 Å². The van der Waals surface area contributed by atoms with Gasteiger partial charge in [0, 0.05) is 19.5 Å². The first-order chi connectivity index (χ1) is 9.81. The van der Waals surface area contributed by atoms with Crippen LogP contribution in [0.2, 0.25) is 0 Å². The van der Waals surface area contributed by atoms with Gasteiger partial charge in [0.25, 0.3) is 0 Å². The lowest BCUT2D eigenvalue weighted by Gasteiger charge is -2.47. The Kier molecular flexibility index (Phi) is 4.67. The third-order valence-electron chi connectivity index (χ3n) is 4.30. The van der Waals surface area contributed by atoms with E-state index in [0.29, 0.717) is 31.9 Å². The van der Waals surface area contributed by atoms with E-state index in [1.54, 1.807) is 6.08 Å². The minimum atomic E-state index is -4.57. The molecule has 0 radical (unpaired) electrons. The van der Waals surface area contributed by atoms with Gasteiger partial charge in [-0.05, 0) is 19.4 Å². The molecule has 0 bridgehead atoms. The molecule has 0 amide bonds. The van der Waals surface area contributed by atoms with Crippen molar-refractivity contribution in [2.45, 2.75) is 31.1 Å². The third-order valence-corrected chi connectivity index (χ3v) is 5.73. The summed E-state index contributed by atoms with van der Waals surface area (Å²) in [5.41, 5.74) is 1.55. The van der Waals surface area contributed by atoms with Crippen molar-refractivity contribution in [3.8, 4) is 0 Å². The van der Waals surface area contributed by atoms with Gasteiger partial charge in [-0.25, -0.2) is 8.42 Å². The van der Waals surface area contributed by atoms with Crippen molar-refractivity contribution in [1.82, 2.24) is 4.90 Å². The highest BCUT2D eigenvalue weighted by Crippen LogP contribution is 2.38. The first-order valence-corrected chi connectivity index (χ1v) is 8.32. The largest absolute Gasteiger partial charge is 0.747 e. The van der Waals surface area contributed by atoms with Gasteiger partial charge in [0.05, 0.1) is 24.0 Å². The maximum atomic E-state index is 11.8. The van der Waals surface area contributed by atoms with Crippen molar-refractivity contribution in [2.24, 2.45) is 0 Å². The second-order valence-corrected chi connectivity index (χ2v) is 7.39. The lowest BCUT2D eigenvalue weighted by atomic mass is 9.82. The summed E-state index contributed by atoms with van der Waals surface area (Å²) in [6.45, 7) is 5.33. The lowest BCUT2D eigenvalue weighted by molar-refractivity contribution is -0.107. The van der Waals surface area contributed by atoms with E-state index in [4.69, 9.17) is 4.74 Å². The minimum absolute atomic E-state index is 0.128. The molecule has 1 saturated heterocycles. The van der Waals surface area contributed by atoms with Gasteiger partial charge in [0.15, 0.2) is 0 Å². The van der Waals surface area contributed by atoms with Crippen LogP contribution in [0.15, 0.2) is 23.3 Å². The second kappa shape index (κ2) is 6.00. The number of hydrogen-bond acceptors (Lipinski definition) is 6. The molecule has 21 heavy (non-hydrogen) atoms. The monoisotopic (exact) mass is 314 g/mol. The Morgan fingerprint density at radius 3 is 2.62 bits per heavy atom. The number of morpholine rings is 1. The van der Waals surface area contributed by atoms with Crippen LogP contribution in [0, 0.1) is 0 Å². The number of hydrogen-bond donors (Lipinski definition) is 0. The van der Waals surface area contributed by atoms with Crippen molar-refractivity contribution in [2.75, 3.05) is 26.3 Å². The van der Waals surface area contributed by atoms with Crippen LogP contribution < -0.4 is 0 Å². The van der Waals surface area contributed by atoms with Crippen LogP contribution in [0.5, 0.6) is 0 Å². The molecule has 1 aliphatic heterocycles. The highest BCUT2D eigenvalue weighted by Gasteiger charge is 2.46. The fourth-order valence-electron chi connectivity index (χ4n) is 3.05. The van der Waals surface area contributed by atoms with Crippen LogP contribution >= 0.6 is 0 Å². The predicted octanol–water partition coefficient (Wildman–Crippen LogP) is 0.466. The fraction of sp³-hybridized carbons (Fsp3) is 0.643. The molecule has 0 spiro atoms. The number of nitrogens with zero attached hydrogens (tertiary/aromatic N) is 1. The van der Waals surface area contributed by atoms with Gasteiger partial charge in [0.2, 0.25) is 0 Å². The Hall–Kier alpha value is -1.02. The summed E-state index contributed by atoms with van der Waals surface area (Å²) in [6, 6.07) is -0.612. The number of rotatable bonds is 4. The Morgan fingerprint density at radius 1 is 1.48 bits per heavy atom.